The van der Waals surface area contributed by atoms with E-state index in [1.54, 1.807) is 12.1 Å². The van der Waals surface area contributed by atoms with E-state index in [0.717, 1.165) is 17.7 Å². The summed E-state index contributed by atoms with van der Waals surface area (Å²) in [7, 11) is 0. The number of rotatable bonds is 11. The minimum absolute atomic E-state index is 0.0171. The van der Waals surface area contributed by atoms with Crippen molar-refractivity contribution >= 4 is 23.4 Å². The molecule has 4 atom stereocenters. The smallest absolute Gasteiger partial charge is 0.194 e. The summed E-state index contributed by atoms with van der Waals surface area (Å²) in [5, 5.41) is 38.4. The molecular formula is C22H23ClF3N3O4S. The monoisotopic (exact) mass is 517 g/mol. The number of thioether (sulfide) groups is 1. The van der Waals surface area contributed by atoms with Crippen LogP contribution in [0.25, 0.3) is 11.3 Å². The van der Waals surface area contributed by atoms with Crippen molar-refractivity contribution in [3.63, 3.8) is 0 Å². The normalized spacial score (nSPS) is 15.2. The summed E-state index contributed by atoms with van der Waals surface area (Å²) in [6.07, 6.45) is -1.75. The lowest BCUT2D eigenvalue weighted by atomic mass is 10.1. The van der Waals surface area contributed by atoms with Gasteiger partial charge in [-0.2, -0.15) is 0 Å². The molecule has 3 aromatic rings. The van der Waals surface area contributed by atoms with Crippen LogP contribution in [0.4, 0.5) is 13.2 Å². The Morgan fingerprint density at radius 3 is 2.35 bits per heavy atom. The molecular weight excluding hydrogens is 495 g/mol. The van der Waals surface area contributed by atoms with Gasteiger partial charge < -0.3 is 20.1 Å². The third-order valence-corrected chi connectivity index (χ3v) is 6.37. The van der Waals surface area contributed by atoms with Crippen LogP contribution in [-0.4, -0.2) is 60.7 Å². The van der Waals surface area contributed by atoms with Gasteiger partial charge in [0.05, 0.1) is 25.5 Å². The van der Waals surface area contributed by atoms with Gasteiger partial charge in [-0.25, -0.2) is 17.9 Å². The van der Waals surface area contributed by atoms with Crippen molar-refractivity contribution in [2.24, 2.45) is 0 Å². The number of ether oxygens (including phenoxy) is 1. The molecule has 3 rings (SSSR count). The lowest BCUT2D eigenvalue weighted by Crippen LogP contribution is -2.39. The van der Waals surface area contributed by atoms with Gasteiger partial charge >= 0.3 is 0 Å². The zero-order valence-electron chi connectivity index (χ0n) is 18.0. The Kier molecular flexibility index (Phi) is 9.34. The van der Waals surface area contributed by atoms with Crippen LogP contribution in [-0.2, 0) is 17.0 Å². The summed E-state index contributed by atoms with van der Waals surface area (Å²) < 4.78 is 47.3. The van der Waals surface area contributed by atoms with Crippen molar-refractivity contribution < 1.29 is 33.2 Å². The maximum Gasteiger partial charge on any atom is 0.194 e. The van der Waals surface area contributed by atoms with Crippen LogP contribution in [0.5, 0.6) is 0 Å². The third-order valence-electron chi connectivity index (χ3n) is 4.86. The van der Waals surface area contributed by atoms with Crippen LogP contribution >= 0.6 is 23.4 Å². The molecule has 0 bridgehead atoms. The number of aliphatic hydroxyl groups is 3. The number of aliphatic hydroxyl groups excluding tert-OH is 3. The van der Waals surface area contributed by atoms with Crippen LogP contribution in [0, 0.1) is 17.5 Å². The van der Waals surface area contributed by atoms with Gasteiger partial charge in [0, 0.05) is 16.3 Å². The average molecular weight is 518 g/mol. The molecule has 0 spiro atoms. The van der Waals surface area contributed by atoms with Gasteiger partial charge in [-0.15, -0.1) is 16.9 Å². The summed E-state index contributed by atoms with van der Waals surface area (Å²) in [5.41, 5.74) is 0.0944. The first-order valence-electron chi connectivity index (χ1n) is 10.2. The van der Waals surface area contributed by atoms with Crippen LogP contribution in [0.15, 0.2) is 42.6 Å². The predicted molar refractivity (Wildman–Crippen MR) is 122 cm³/mol. The van der Waals surface area contributed by atoms with Crippen molar-refractivity contribution in [2.75, 3.05) is 6.61 Å². The molecule has 0 saturated carbocycles. The molecule has 0 aliphatic carbocycles. The van der Waals surface area contributed by atoms with Gasteiger partial charge in [-0.1, -0.05) is 28.9 Å². The van der Waals surface area contributed by atoms with Gasteiger partial charge in [0.25, 0.3) is 0 Å². The SMILES string of the molecule is C[C@@H](O)C(CO)OC(SCc1ccc(Cl)cc1)[C@@H](O)Cn1cc(-c2cc(F)c(F)c(F)c2)nn1. The first kappa shape index (κ1) is 26.5. The third kappa shape index (κ3) is 6.94. The lowest BCUT2D eigenvalue weighted by Gasteiger charge is -2.28. The van der Waals surface area contributed by atoms with Crippen LogP contribution in [0.1, 0.15) is 12.5 Å². The standard InChI is InChI=1S/C22H23ClF3N3O4S/c1-12(31)20(10-30)33-22(34-11-13-2-4-15(23)5-3-13)19(32)9-29-8-18(27-28-29)14-6-16(24)21(26)17(25)7-14/h2-8,12,19-20,22,30-32H,9-11H2,1H3/t12-,19+,20?,22?/m1/s1. The number of hydrogen-bond donors (Lipinski definition) is 3. The summed E-state index contributed by atoms with van der Waals surface area (Å²) in [5.74, 6) is -3.86. The molecule has 0 amide bonds. The average Bonchev–Trinajstić information content (AvgIpc) is 3.26. The number of nitrogens with zero attached hydrogens (tertiary/aromatic N) is 3. The van der Waals surface area contributed by atoms with Gasteiger partial charge in [-0.3, -0.25) is 0 Å². The van der Waals surface area contributed by atoms with E-state index >= 15 is 0 Å². The zero-order chi connectivity index (χ0) is 24.8. The van der Waals surface area contributed by atoms with Crippen LogP contribution < -0.4 is 0 Å². The molecule has 0 aliphatic rings. The fourth-order valence-electron chi connectivity index (χ4n) is 2.98. The fraction of sp³-hybridized carbons (Fsp3) is 0.364. The first-order chi connectivity index (χ1) is 16.2. The van der Waals surface area contributed by atoms with Gasteiger partial charge in [0.1, 0.15) is 23.3 Å². The molecule has 2 aromatic carbocycles. The number of halogens is 4. The molecule has 0 fully saturated rings. The van der Waals surface area contributed by atoms with E-state index in [1.165, 1.54) is 29.6 Å². The highest BCUT2D eigenvalue weighted by Gasteiger charge is 2.27. The second-order valence-corrected chi connectivity index (χ2v) is 9.07. The summed E-state index contributed by atoms with van der Waals surface area (Å²) >= 11 is 7.14. The summed E-state index contributed by atoms with van der Waals surface area (Å²) in [6.45, 7) is 0.881. The summed E-state index contributed by atoms with van der Waals surface area (Å²) in [6, 6.07) is 8.70. The van der Waals surface area contributed by atoms with Crippen LogP contribution in [0.3, 0.4) is 0 Å². The van der Waals surface area contributed by atoms with E-state index in [-0.39, 0.29) is 17.8 Å². The highest BCUT2D eigenvalue weighted by atomic mass is 35.5. The summed E-state index contributed by atoms with van der Waals surface area (Å²) in [4.78, 5) is 0. The second-order valence-electron chi connectivity index (χ2n) is 7.55. The first-order valence-corrected chi connectivity index (χ1v) is 11.6. The largest absolute Gasteiger partial charge is 0.394 e. The Labute approximate surface area is 203 Å². The Hall–Kier alpha value is -2.15. The van der Waals surface area contributed by atoms with Crippen molar-refractivity contribution in [1.29, 1.82) is 0 Å². The van der Waals surface area contributed by atoms with E-state index in [4.69, 9.17) is 16.3 Å². The minimum Gasteiger partial charge on any atom is -0.394 e. The molecule has 1 heterocycles. The Balaban J connectivity index is 1.73. The molecule has 0 aliphatic heterocycles. The Morgan fingerprint density at radius 2 is 1.76 bits per heavy atom. The lowest BCUT2D eigenvalue weighted by molar-refractivity contribution is -0.0972. The molecule has 0 radical (unpaired) electrons. The maximum absolute atomic E-state index is 13.5. The zero-order valence-corrected chi connectivity index (χ0v) is 19.6. The molecule has 1 aromatic heterocycles. The highest BCUT2D eigenvalue weighted by molar-refractivity contribution is 7.99. The number of aromatic nitrogens is 3. The highest BCUT2D eigenvalue weighted by Crippen LogP contribution is 2.26. The van der Waals surface area contributed by atoms with Gasteiger partial charge in [-0.05, 0) is 36.8 Å². The fourth-order valence-corrected chi connectivity index (χ4v) is 4.19. The topological polar surface area (TPSA) is 101 Å². The van der Waals surface area contributed by atoms with Gasteiger partial charge in [0.2, 0.25) is 0 Å². The molecule has 7 nitrogen and oxygen atoms in total. The van der Waals surface area contributed by atoms with Gasteiger partial charge in [0.15, 0.2) is 17.5 Å². The quantitative estimate of drug-likeness (QED) is 0.265. The minimum atomic E-state index is -1.58. The molecule has 12 heteroatoms. The molecule has 2 unspecified atom stereocenters. The number of benzene rings is 2. The van der Waals surface area contributed by atoms with E-state index in [2.05, 4.69) is 10.3 Å². The predicted octanol–water partition coefficient (Wildman–Crippen LogP) is 3.39. The van der Waals surface area contributed by atoms with Crippen LogP contribution in [0.2, 0.25) is 5.02 Å². The van der Waals surface area contributed by atoms with Crippen molar-refractivity contribution in [3.05, 3.63) is 70.6 Å². The molecule has 34 heavy (non-hydrogen) atoms. The van der Waals surface area contributed by atoms with Crippen molar-refractivity contribution in [1.82, 2.24) is 15.0 Å². The van der Waals surface area contributed by atoms with E-state index < -0.39 is 47.8 Å². The van der Waals surface area contributed by atoms with E-state index in [0.29, 0.717) is 10.8 Å². The maximum atomic E-state index is 13.5. The van der Waals surface area contributed by atoms with Crippen molar-refractivity contribution in [2.45, 2.75) is 43.0 Å². The Morgan fingerprint density at radius 1 is 1.12 bits per heavy atom. The van der Waals surface area contributed by atoms with Crippen molar-refractivity contribution in [3.8, 4) is 11.3 Å². The van der Waals surface area contributed by atoms with E-state index in [1.807, 2.05) is 12.1 Å². The molecule has 3 N–H and O–H groups in total. The Bertz CT molecular complexity index is 1060. The van der Waals surface area contributed by atoms with E-state index in [9.17, 15) is 28.5 Å². The molecule has 0 saturated heterocycles. The molecule has 184 valence electrons. The second kappa shape index (κ2) is 12.0. The number of hydrogen-bond acceptors (Lipinski definition) is 7.